The molecule has 14 heavy (non-hydrogen) atoms. The summed E-state index contributed by atoms with van der Waals surface area (Å²) < 4.78 is 9.16. The number of esters is 2. The second-order valence-corrected chi connectivity index (χ2v) is 2.55. The largest absolute Gasteiger partial charge is 0.433 e. The maximum absolute atomic E-state index is 10.4. The van der Waals surface area contributed by atoms with E-state index >= 15 is 0 Å². The zero-order valence-electron chi connectivity index (χ0n) is 8.60. The maximum atomic E-state index is 10.4. The molecule has 0 saturated heterocycles. The third kappa shape index (κ3) is 7.51. The Balaban J connectivity index is 3.60. The third-order valence-electron chi connectivity index (χ3n) is 0.990. The Morgan fingerprint density at radius 1 is 0.857 bits per heavy atom. The monoisotopic (exact) mass is 206 g/mol. The maximum Gasteiger partial charge on any atom is 0.305 e. The zero-order chi connectivity index (χ0) is 11.1. The molecule has 0 spiro atoms. The van der Waals surface area contributed by atoms with Gasteiger partial charge in [-0.05, 0) is 0 Å². The molecule has 0 fully saturated rings. The summed E-state index contributed by atoms with van der Waals surface area (Å²) in [4.78, 5) is 30.1. The van der Waals surface area contributed by atoms with Crippen LogP contribution in [0.4, 0.5) is 0 Å². The van der Waals surface area contributed by atoms with E-state index in [1.807, 2.05) is 0 Å². The molecular formula is C8H14O6. The Kier molecular flexibility index (Phi) is 5.82. The molecule has 0 radical (unpaired) electrons. The van der Waals surface area contributed by atoms with E-state index in [4.69, 9.17) is 0 Å². The van der Waals surface area contributed by atoms with Crippen molar-refractivity contribution in [2.45, 2.75) is 40.3 Å². The van der Waals surface area contributed by atoms with Crippen LogP contribution in [0.1, 0.15) is 27.7 Å². The van der Waals surface area contributed by atoms with Crippen LogP contribution in [0.25, 0.3) is 0 Å². The summed E-state index contributed by atoms with van der Waals surface area (Å²) in [5.41, 5.74) is 0. The summed E-state index contributed by atoms with van der Waals surface area (Å²) in [6, 6.07) is 0. The molecule has 0 aliphatic carbocycles. The van der Waals surface area contributed by atoms with E-state index in [1.165, 1.54) is 27.7 Å². The first-order valence-corrected chi connectivity index (χ1v) is 4.08. The molecule has 0 aromatic carbocycles. The average Bonchev–Trinajstić information content (AvgIpc) is 1.98. The lowest BCUT2D eigenvalue weighted by molar-refractivity contribution is -0.415. The highest BCUT2D eigenvalue weighted by atomic mass is 17.2. The van der Waals surface area contributed by atoms with Gasteiger partial charge in [0.1, 0.15) is 0 Å². The number of rotatable bonds is 5. The van der Waals surface area contributed by atoms with Crippen molar-refractivity contribution in [3.63, 3.8) is 0 Å². The molecule has 0 aromatic rings. The summed E-state index contributed by atoms with van der Waals surface area (Å²) in [6.45, 7) is 5.44. The summed E-state index contributed by atoms with van der Waals surface area (Å²) in [6.07, 6.45) is -1.68. The number of hydrogen-bond acceptors (Lipinski definition) is 6. The number of hydrogen-bond donors (Lipinski definition) is 0. The second-order valence-electron chi connectivity index (χ2n) is 2.55. The second kappa shape index (κ2) is 6.33. The van der Waals surface area contributed by atoms with E-state index < -0.39 is 24.5 Å². The van der Waals surface area contributed by atoms with Gasteiger partial charge in [-0.2, -0.15) is 9.78 Å². The van der Waals surface area contributed by atoms with Gasteiger partial charge in [-0.25, -0.2) is 0 Å². The SMILES string of the molecule is CC(=O)OC(C)OOC(C)OC(C)=O. The van der Waals surface area contributed by atoms with Gasteiger partial charge in [0.2, 0.25) is 12.6 Å². The highest BCUT2D eigenvalue weighted by molar-refractivity contribution is 5.66. The molecule has 82 valence electrons. The van der Waals surface area contributed by atoms with Crippen molar-refractivity contribution in [2.75, 3.05) is 0 Å². The smallest absolute Gasteiger partial charge is 0.305 e. The van der Waals surface area contributed by atoms with Crippen LogP contribution in [-0.2, 0) is 28.8 Å². The predicted octanol–water partition coefficient (Wildman–Crippen LogP) is 0.753. The lowest BCUT2D eigenvalue weighted by Gasteiger charge is -2.15. The molecule has 0 bridgehead atoms. The Morgan fingerprint density at radius 3 is 1.36 bits per heavy atom. The molecule has 6 heteroatoms. The van der Waals surface area contributed by atoms with Crippen LogP contribution in [0.2, 0.25) is 0 Å². The van der Waals surface area contributed by atoms with E-state index in [0.29, 0.717) is 0 Å². The van der Waals surface area contributed by atoms with Crippen LogP contribution < -0.4 is 0 Å². The van der Waals surface area contributed by atoms with Crippen LogP contribution in [0.15, 0.2) is 0 Å². The minimum atomic E-state index is -0.842. The Morgan fingerprint density at radius 2 is 1.14 bits per heavy atom. The first-order valence-electron chi connectivity index (χ1n) is 4.08. The number of carbonyl (C=O) groups excluding carboxylic acids is 2. The molecule has 0 N–H and O–H groups in total. The molecule has 2 unspecified atom stereocenters. The molecular weight excluding hydrogens is 192 g/mol. The molecule has 0 rings (SSSR count). The first kappa shape index (κ1) is 12.9. The van der Waals surface area contributed by atoms with Gasteiger partial charge in [-0.3, -0.25) is 9.59 Å². The molecule has 6 nitrogen and oxygen atoms in total. The van der Waals surface area contributed by atoms with E-state index in [2.05, 4.69) is 19.2 Å². The van der Waals surface area contributed by atoms with Gasteiger partial charge < -0.3 is 9.47 Å². The van der Waals surface area contributed by atoms with Gasteiger partial charge in [-0.15, -0.1) is 0 Å². The van der Waals surface area contributed by atoms with Gasteiger partial charge in [0.25, 0.3) is 0 Å². The van der Waals surface area contributed by atoms with Gasteiger partial charge >= 0.3 is 11.9 Å². The van der Waals surface area contributed by atoms with Crippen molar-refractivity contribution in [1.29, 1.82) is 0 Å². The molecule has 0 saturated carbocycles. The van der Waals surface area contributed by atoms with E-state index in [-0.39, 0.29) is 0 Å². The number of carbonyl (C=O) groups is 2. The summed E-state index contributed by atoms with van der Waals surface area (Å²) in [7, 11) is 0. The van der Waals surface area contributed by atoms with Crippen molar-refractivity contribution in [2.24, 2.45) is 0 Å². The van der Waals surface area contributed by atoms with E-state index in [0.717, 1.165) is 0 Å². The highest BCUT2D eigenvalue weighted by Gasteiger charge is 2.11. The number of ether oxygens (including phenoxy) is 2. The van der Waals surface area contributed by atoms with Crippen LogP contribution >= 0.6 is 0 Å². The third-order valence-corrected chi connectivity index (χ3v) is 0.990. The summed E-state index contributed by atoms with van der Waals surface area (Å²) >= 11 is 0. The van der Waals surface area contributed by atoms with Crippen molar-refractivity contribution in [3.8, 4) is 0 Å². The van der Waals surface area contributed by atoms with E-state index in [1.54, 1.807) is 0 Å². The lowest BCUT2D eigenvalue weighted by atomic mass is 10.7. The standard InChI is InChI=1S/C8H14O6/c1-5(9)11-7(3)13-14-8(4)12-6(2)10/h7-8H,1-4H3. The highest BCUT2D eigenvalue weighted by Crippen LogP contribution is 2.00. The minimum Gasteiger partial charge on any atom is -0.433 e. The van der Waals surface area contributed by atoms with Gasteiger partial charge in [0.15, 0.2) is 0 Å². The molecule has 0 heterocycles. The minimum absolute atomic E-state index is 0.485. The Labute approximate surface area is 82.0 Å². The quantitative estimate of drug-likeness (QED) is 0.286. The predicted molar refractivity (Wildman–Crippen MR) is 44.6 cm³/mol. The fourth-order valence-electron chi connectivity index (χ4n) is 0.663. The van der Waals surface area contributed by atoms with Crippen LogP contribution in [0, 0.1) is 0 Å². The van der Waals surface area contributed by atoms with Crippen molar-refractivity contribution in [3.05, 3.63) is 0 Å². The molecule has 0 aromatic heterocycles. The first-order chi connectivity index (χ1) is 6.41. The molecule has 0 aliphatic heterocycles. The van der Waals surface area contributed by atoms with Gasteiger partial charge in [-0.1, -0.05) is 0 Å². The van der Waals surface area contributed by atoms with Gasteiger partial charge in [0, 0.05) is 27.7 Å². The van der Waals surface area contributed by atoms with Gasteiger partial charge in [0.05, 0.1) is 0 Å². The summed E-state index contributed by atoms with van der Waals surface area (Å²) in [5.74, 6) is -0.970. The normalized spacial score (nSPS) is 14.3. The Hall–Kier alpha value is -1.14. The van der Waals surface area contributed by atoms with Crippen molar-refractivity contribution < 1.29 is 28.8 Å². The van der Waals surface area contributed by atoms with E-state index in [9.17, 15) is 9.59 Å². The zero-order valence-corrected chi connectivity index (χ0v) is 8.60. The lowest BCUT2D eigenvalue weighted by Crippen LogP contribution is -2.22. The topological polar surface area (TPSA) is 71.1 Å². The average molecular weight is 206 g/mol. The van der Waals surface area contributed by atoms with Crippen LogP contribution in [0.5, 0.6) is 0 Å². The fourth-order valence-corrected chi connectivity index (χ4v) is 0.663. The van der Waals surface area contributed by atoms with Crippen LogP contribution in [-0.4, -0.2) is 24.5 Å². The molecule has 0 aliphatic rings. The van der Waals surface area contributed by atoms with Crippen molar-refractivity contribution >= 4 is 11.9 Å². The summed E-state index contributed by atoms with van der Waals surface area (Å²) in [5, 5.41) is 0. The fraction of sp³-hybridized carbons (Fsp3) is 0.750. The van der Waals surface area contributed by atoms with Crippen molar-refractivity contribution in [1.82, 2.24) is 0 Å². The molecule has 0 amide bonds. The van der Waals surface area contributed by atoms with Crippen LogP contribution in [0.3, 0.4) is 0 Å². The molecule has 2 atom stereocenters. The Bertz CT molecular complexity index is 180.